The van der Waals surface area contributed by atoms with Crippen molar-refractivity contribution < 1.29 is 4.79 Å². The van der Waals surface area contributed by atoms with E-state index in [0.717, 1.165) is 30.8 Å². The third-order valence-electron chi connectivity index (χ3n) is 5.91. The minimum absolute atomic E-state index is 0.0391. The molecule has 2 heterocycles. The molecule has 4 aromatic rings. The van der Waals surface area contributed by atoms with Gasteiger partial charge in [0.15, 0.2) is 0 Å². The van der Waals surface area contributed by atoms with Gasteiger partial charge >= 0.3 is 6.03 Å². The molecule has 3 aromatic carbocycles. The molecule has 0 aliphatic carbocycles. The average Bonchev–Trinajstić information content (AvgIpc) is 3.08. The van der Waals surface area contributed by atoms with Gasteiger partial charge in [0.1, 0.15) is 0 Å². The first-order chi connectivity index (χ1) is 14.7. The summed E-state index contributed by atoms with van der Waals surface area (Å²) in [7, 11) is 0. The largest absolute Gasteiger partial charge is 0.338 e. The molecule has 30 heavy (non-hydrogen) atoms. The Hall–Kier alpha value is -3.53. The zero-order valence-electron chi connectivity index (χ0n) is 17.1. The SMILES string of the molecule is Cc1cccc(NC(=O)N2CCc3c(n(Cc4ccccc4)c4ccccc34)C2)c1. The van der Waals surface area contributed by atoms with Crippen molar-refractivity contribution >= 4 is 22.6 Å². The molecule has 1 aliphatic heterocycles. The van der Waals surface area contributed by atoms with Gasteiger partial charge in [-0.25, -0.2) is 4.79 Å². The number of carbonyl (C=O) groups is 1. The van der Waals surface area contributed by atoms with Gasteiger partial charge in [-0.2, -0.15) is 0 Å². The number of carbonyl (C=O) groups excluding carboxylic acids is 1. The molecule has 2 amide bonds. The van der Waals surface area contributed by atoms with Gasteiger partial charge < -0.3 is 14.8 Å². The molecular formula is C26H25N3O. The van der Waals surface area contributed by atoms with Gasteiger partial charge in [0, 0.05) is 35.4 Å². The van der Waals surface area contributed by atoms with Gasteiger partial charge in [-0.05, 0) is 48.2 Å². The summed E-state index contributed by atoms with van der Waals surface area (Å²) < 4.78 is 2.38. The van der Waals surface area contributed by atoms with Gasteiger partial charge in [0.05, 0.1) is 6.54 Å². The van der Waals surface area contributed by atoms with E-state index in [-0.39, 0.29) is 6.03 Å². The Labute approximate surface area is 176 Å². The molecule has 0 radical (unpaired) electrons. The fourth-order valence-corrected chi connectivity index (χ4v) is 4.44. The molecule has 0 bridgehead atoms. The number of hydrogen-bond acceptors (Lipinski definition) is 1. The summed E-state index contributed by atoms with van der Waals surface area (Å²) in [5.74, 6) is 0. The van der Waals surface area contributed by atoms with Crippen molar-refractivity contribution in [1.82, 2.24) is 9.47 Å². The van der Waals surface area contributed by atoms with Crippen molar-refractivity contribution in [1.29, 1.82) is 0 Å². The highest BCUT2D eigenvalue weighted by Gasteiger charge is 2.26. The number of fused-ring (bicyclic) bond motifs is 3. The summed E-state index contributed by atoms with van der Waals surface area (Å²) in [6.07, 6.45) is 0.874. The van der Waals surface area contributed by atoms with E-state index in [0.29, 0.717) is 6.54 Å². The van der Waals surface area contributed by atoms with Crippen LogP contribution in [0.25, 0.3) is 10.9 Å². The highest BCUT2D eigenvalue weighted by Crippen LogP contribution is 2.31. The first-order valence-electron chi connectivity index (χ1n) is 10.4. The van der Waals surface area contributed by atoms with Crippen LogP contribution in [-0.4, -0.2) is 22.0 Å². The maximum absolute atomic E-state index is 13.0. The van der Waals surface area contributed by atoms with Crippen molar-refractivity contribution in [3.05, 3.63) is 101 Å². The van der Waals surface area contributed by atoms with Gasteiger partial charge in [-0.15, -0.1) is 0 Å². The van der Waals surface area contributed by atoms with Crippen LogP contribution in [-0.2, 0) is 19.5 Å². The van der Waals surface area contributed by atoms with Crippen LogP contribution in [0.15, 0.2) is 78.9 Å². The molecule has 1 aliphatic rings. The van der Waals surface area contributed by atoms with E-state index < -0.39 is 0 Å². The number of benzene rings is 3. The van der Waals surface area contributed by atoms with E-state index in [1.807, 2.05) is 42.2 Å². The van der Waals surface area contributed by atoms with Crippen LogP contribution in [0.3, 0.4) is 0 Å². The average molecular weight is 396 g/mol. The lowest BCUT2D eigenvalue weighted by atomic mass is 10.0. The maximum atomic E-state index is 13.0. The summed E-state index contributed by atoms with van der Waals surface area (Å²) in [6, 6.07) is 27.0. The second-order valence-corrected chi connectivity index (χ2v) is 7.99. The quantitative estimate of drug-likeness (QED) is 0.482. The van der Waals surface area contributed by atoms with Crippen LogP contribution >= 0.6 is 0 Å². The number of amides is 2. The van der Waals surface area contributed by atoms with Crippen LogP contribution in [0.5, 0.6) is 0 Å². The number of urea groups is 1. The molecule has 0 saturated heterocycles. The van der Waals surface area contributed by atoms with E-state index in [2.05, 4.69) is 58.4 Å². The topological polar surface area (TPSA) is 37.3 Å². The number of hydrogen-bond donors (Lipinski definition) is 1. The van der Waals surface area contributed by atoms with Gasteiger partial charge in [-0.1, -0.05) is 60.7 Å². The van der Waals surface area contributed by atoms with E-state index in [4.69, 9.17) is 0 Å². The molecule has 0 saturated carbocycles. The number of para-hydroxylation sites is 1. The van der Waals surface area contributed by atoms with Crippen molar-refractivity contribution in [2.24, 2.45) is 0 Å². The highest BCUT2D eigenvalue weighted by molar-refractivity contribution is 5.91. The molecule has 0 fully saturated rings. The van der Waals surface area contributed by atoms with Crippen LogP contribution in [0, 0.1) is 6.92 Å². The second-order valence-electron chi connectivity index (χ2n) is 7.99. The molecule has 5 rings (SSSR count). The smallest absolute Gasteiger partial charge is 0.322 e. The number of anilines is 1. The minimum atomic E-state index is -0.0391. The zero-order chi connectivity index (χ0) is 20.5. The number of aromatic nitrogens is 1. The van der Waals surface area contributed by atoms with Gasteiger partial charge in [0.2, 0.25) is 0 Å². The van der Waals surface area contributed by atoms with Crippen LogP contribution in [0.1, 0.15) is 22.4 Å². The Kier molecular flexibility index (Phi) is 4.75. The Bertz CT molecular complexity index is 1210. The maximum Gasteiger partial charge on any atom is 0.322 e. The Morgan fingerprint density at radius 3 is 2.60 bits per heavy atom. The first kappa shape index (κ1) is 18.5. The Morgan fingerprint density at radius 1 is 0.967 bits per heavy atom. The lowest BCUT2D eigenvalue weighted by Gasteiger charge is -2.29. The number of nitrogens with one attached hydrogen (secondary N) is 1. The number of rotatable bonds is 3. The molecule has 1 N–H and O–H groups in total. The van der Waals surface area contributed by atoms with Crippen molar-refractivity contribution in [3.63, 3.8) is 0 Å². The molecule has 0 atom stereocenters. The predicted molar refractivity (Wildman–Crippen MR) is 122 cm³/mol. The standard InChI is InChI=1S/C26H25N3O/c1-19-8-7-11-21(16-19)27-26(30)28-15-14-23-22-12-5-6-13-24(22)29(25(23)18-28)17-20-9-3-2-4-10-20/h2-13,16H,14-15,17-18H2,1H3,(H,27,30). The zero-order valence-corrected chi connectivity index (χ0v) is 17.1. The van der Waals surface area contributed by atoms with Crippen molar-refractivity contribution in [3.8, 4) is 0 Å². The van der Waals surface area contributed by atoms with Crippen LogP contribution in [0.4, 0.5) is 10.5 Å². The Balaban J connectivity index is 1.47. The third-order valence-corrected chi connectivity index (χ3v) is 5.91. The van der Waals surface area contributed by atoms with E-state index >= 15 is 0 Å². The molecule has 1 aromatic heterocycles. The summed E-state index contributed by atoms with van der Waals surface area (Å²) in [5.41, 5.74) is 7.11. The molecule has 150 valence electrons. The predicted octanol–water partition coefficient (Wildman–Crippen LogP) is 5.59. The lowest BCUT2D eigenvalue weighted by Crippen LogP contribution is -2.39. The normalized spacial score (nSPS) is 13.3. The Morgan fingerprint density at radius 2 is 1.77 bits per heavy atom. The molecule has 4 heteroatoms. The van der Waals surface area contributed by atoms with Crippen molar-refractivity contribution in [2.45, 2.75) is 26.4 Å². The molecule has 4 nitrogen and oxygen atoms in total. The first-order valence-corrected chi connectivity index (χ1v) is 10.4. The number of aryl methyl sites for hydroxylation is 1. The van der Waals surface area contributed by atoms with Crippen LogP contribution < -0.4 is 5.32 Å². The molecular weight excluding hydrogens is 370 g/mol. The fraction of sp³-hybridized carbons (Fsp3) is 0.192. The van der Waals surface area contributed by atoms with E-state index in [1.165, 1.54) is 27.7 Å². The summed E-state index contributed by atoms with van der Waals surface area (Å²) in [4.78, 5) is 14.9. The van der Waals surface area contributed by atoms with Gasteiger partial charge in [-0.3, -0.25) is 0 Å². The van der Waals surface area contributed by atoms with Crippen LogP contribution in [0.2, 0.25) is 0 Å². The minimum Gasteiger partial charge on any atom is -0.338 e. The lowest BCUT2D eigenvalue weighted by molar-refractivity contribution is 0.205. The third kappa shape index (κ3) is 3.45. The molecule has 0 spiro atoms. The summed E-state index contributed by atoms with van der Waals surface area (Å²) in [5, 5.41) is 4.37. The number of nitrogens with zero attached hydrogens (tertiary/aromatic N) is 2. The molecule has 0 unspecified atom stereocenters. The van der Waals surface area contributed by atoms with Crippen molar-refractivity contribution in [2.75, 3.05) is 11.9 Å². The van der Waals surface area contributed by atoms with Gasteiger partial charge in [0.25, 0.3) is 0 Å². The van der Waals surface area contributed by atoms with E-state index in [1.54, 1.807) is 0 Å². The monoisotopic (exact) mass is 395 g/mol. The van der Waals surface area contributed by atoms with E-state index in [9.17, 15) is 4.79 Å². The summed E-state index contributed by atoms with van der Waals surface area (Å²) >= 11 is 0. The highest BCUT2D eigenvalue weighted by atomic mass is 16.2. The second kappa shape index (κ2) is 7.71. The summed E-state index contributed by atoms with van der Waals surface area (Å²) in [6.45, 7) is 4.19. The fourth-order valence-electron chi connectivity index (χ4n) is 4.44.